The van der Waals surface area contributed by atoms with Gasteiger partial charge in [0.2, 0.25) is 17.7 Å². The van der Waals surface area contributed by atoms with Gasteiger partial charge in [-0.3, -0.25) is 24.1 Å². The van der Waals surface area contributed by atoms with Crippen LogP contribution >= 0.6 is 11.6 Å². The summed E-state index contributed by atoms with van der Waals surface area (Å²) in [5, 5.41) is 3.07. The van der Waals surface area contributed by atoms with Crippen molar-refractivity contribution < 1.29 is 23.9 Å². The molecule has 3 amide bonds. The molecule has 0 saturated carbocycles. The number of fused-ring (bicyclic) bond motifs is 3. The molecule has 4 atom stereocenters. The van der Waals surface area contributed by atoms with Gasteiger partial charge >= 0.3 is 5.97 Å². The highest BCUT2D eigenvalue weighted by Gasteiger charge is 2.73. The number of hydrogen-bond acceptors (Lipinski definition) is 6. The first-order chi connectivity index (χ1) is 15.9. The van der Waals surface area contributed by atoms with Crippen molar-refractivity contribution in [2.75, 3.05) is 25.1 Å². The van der Waals surface area contributed by atoms with Crippen molar-refractivity contribution in [1.29, 1.82) is 0 Å². The summed E-state index contributed by atoms with van der Waals surface area (Å²) in [6.07, 6.45) is -0.338. The number of methoxy groups -OCH3 is 1. The second kappa shape index (κ2) is 7.97. The summed E-state index contributed by atoms with van der Waals surface area (Å²) in [5.41, 5.74) is -0.471. The van der Waals surface area contributed by atoms with E-state index in [4.69, 9.17) is 16.3 Å². The summed E-state index contributed by atoms with van der Waals surface area (Å²) in [7, 11) is 1.24. The van der Waals surface area contributed by atoms with Crippen LogP contribution in [-0.2, 0) is 23.9 Å². The van der Waals surface area contributed by atoms with Crippen LogP contribution in [0.2, 0.25) is 5.02 Å². The van der Waals surface area contributed by atoms with Crippen molar-refractivity contribution in [2.24, 2.45) is 11.8 Å². The molecule has 0 spiro atoms. The average Bonchev–Trinajstić information content (AvgIpc) is 3.26. The summed E-state index contributed by atoms with van der Waals surface area (Å²) < 4.78 is 4.91. The monoisotopic (exact) mass is 467 g/mol. The maximum Gasteiger partial charge on any atom is 0.307 e. The fraction of sp³-hybridized carbons (Fsp3) is 0.333. The third-order valence-corrected chi connectivity index (χ3v) is 7.28. The van der Waals surface area contributed by atoms with Crippen molar-refractivity contribution in [3.05, 3.63) is 65.2 Å². The first-order valence-corrected chi connectivity index (χ1v) is 11.1. The number of ether oxygens (including phenoxy) is 1. The molecule has 0 bridgehead atoms. The number of esters is 1. The quantitative estimate of drug-likeness (QED) is 0.545. The summed E-state index contributed by atoms with van der Waals surface area (Å²) in [6.45, 7) is 0.739. The Labute approximate surface area is 195 Å². The highest BCUT2D eigenvalue weighted by atomic mass is 35.5. The van der Waals surface area contributed by atoms with Crippen LogP contribution in [0.5, 0.6) is 0 Å². The number of nitrogens with one attached hydrogen (secondary N) is 1. The number of halogens is 1. The van der Waals surface area contributed by atoms with Gasteiger partial charge < -0.3 is 10.1 Å². The number of piperazine rings is 1. The highest BCUT2D eigenvalue weighted by Crippen LogP contribution is 2.57. The molecule has 9 heteroatoms. The van der Waals surface area contributed by atoms with Gasteiger partial charge in [-0.15, -0.1) is 0 Å². The summed E-state index contributed by atoms with van der Waals surface area (Å²) in [4.78, 5) is 56.7. The van der Waals surface area contributed by atoms with Crippen LogP contribution in [0.25, 0.3) is 0 Å². The predicted octanol–water partition coefficient (Wildman–Crippen LogP) is 1.93. The van der Waals surface area contributed by atoms with E-state index in [0.29, 0.717) is 13.1 Å². The van der Waals surface area contributed by atoms with Crippen molar-refractivity contribution in [2.45, 2.75) is 18.0 Å². The Morgan fingerprint density at radius 1 is 1.09 bits per heavy atom. The zero-order valence-electron chi connectivity index (χ0n) is 17.9. The topological polar surface area (TPSA) is 96.0 Å². The molecule has 3 heterocycles. The van der Waals surface area contributed by atoms with Gasteiger partial charge in [0.05, 0.1) is 36.1 Å². The van der Waals surface area contributed by atoms with Crippen LogP contribution in [0.4, 0.5) is 5.69 Å². The summed E-state index contributed by atoms with van der Waals surface area (Å²) in [5.74, 6) is -3.97. The largest absolute Gasteiger partial charge is 0.469 e. The minimum Gasteiger partial charge on any atom is -0.469 e. The minimum absolute atomic E-state index is 0.252. The molecule has 0 unspecified atom stereocenters. The van der Waals surface area contributed by atoms with E-state index < -0.39 is 47.1 Å². The van der Waals surface area contributed by atoms with Gasteiger partial charge in [0.1, 0.15) is 5.54 Å². The number of para-hydroxylation sites is 1. The van der Waals surface area contributed by atoms with Crippen LogP contribution in [0.1, 0.15) is 18.0 Å². The molecule has 2 aromatic carbocycles. The van der Waals surface area contributed by atoms with Crippen LogP contribution in [0, 0.1) is 11.8 Å². The second-order valence-corrected chi connectivity index (χ2v) is 8.86. The van der Waals surface area contributed by atoms with Crippen molar-refractivity contribution in [3.8, 4) is 0 Å². The molecule has 0 aliphatic carbocycles. The normalized spacial score (nSPS) is 29.0. The number of anilines is 1. The van der Waals surface area contributed by atoms with Gasteiger partial charge in [0.15, 0.2) is 0 Å². The molecular formula is C24H22ClN3O5. The second-order valence-electron chi connectivity index (χ2n) is 8.45. The standard InChI is InChI=1S/C24H22ClN3O5/c1-33-17(29)13-24-19-18(21(30)28(22(19)31)16-10-6-5-9-15(16)25)20(14-7-3-2-4-8-14)27(24)12-11-26-23(24)32/h2-10,18-20H,11-13H2,1H3,(H,26,32)/t18-,19+,20-,24+/m0/s1. The Kier molecular flexibility index (Phi) is 5.22. The SMILES string of the molecule is COC(=O)C[C@@]12C(=O)NCCN1[C@@H](c1ccccc1)[C@H]1C(=O)N(c3ccccc3Cl)C(=O)[C@@H]12. The molecule has 1 N–H and O–H groups in total. The lowest BCUT2D eigenvalue weighted by Gasteiger charge is -2.45. The first-order valence-electron chi connectivity index (χ1n) is 10.7. The van der Waals surface area contributed by atoms with Gasteiger partial charge in [-0.05, 0) is 17.7 Å². The summed E-state index contributed by atoms with van der Waals surface area (Å²) >= 11 is 6.34. The zero-order valence-corrected chi connectivity index (χ0v) is 18.6. The van der Waals surface area contributed by atoms with Crippen LogP contribution in [0.15, 0.2) is 54.6 Å². The lowest BCUT2D eigenvalue weighted by molar-refractivity contribution is -0.154. The van der Waals surface area contributed by atoms with E-state index in [0.717, 1.165) is 10.5 Å². The summed E-state index contributed by atoms with van der Waals surface area (Å²) in [6, 6.07) is 15.3. The molecule has 33 heavy (non-hydrogen) atoms. The van der Waals surface area contributed by atoms with Gasteiger partial charge in [-0.1, -0.05) is 54.1 Å². The van der Waals surface area contributed by atoms with Crippen molar-refractivity contribution >= 4 is 41.0 Å². The van der Waals surface area contributed by atoms with Gasteiger partial charge in [-0.25, -0.2) is 4.90 Å². The van der Waals surface area contributed by atoms with E-state index in [9.17, 15) is 19.2 Å². The van der Waals surface area contributed by atoms with Crippen LogP contribution in [0.3, 0.4) is 0 Å². The molecule has 3 aliphatic heterocycles. The molecule has 3 aliphatic rings. The lowest BCUT2D eigenvalue weighted by atomic mass is 9.76. The molecule has 170 valence electrons. The van der Waals surface area contributed by atoms with Gasteiger partial charge in [-0.2, -0.15) is 0 Å². The fourth-order valence-electron chi connectivity index (χ4n) is 5.68. The number of hydrogen-bond donors (Lipinski definition) is 1. The molecule has 0 aromatic heterocycles. The Balaban J connectivity index is 1.72. The first kappa shape index (κ1) is 21.6. The number of amides is 3. The van der Waals surface area contributed by atoms with E-state index in [1.165, 1.54) is 7.11 Å². The Bertz CT molecular complexity index is 1160. The van der Waals surface area contributed by atoms with E-state index in [1.807, 2.05) is 35.2 Å². The number of nitrogens with zero attached hydrogens (tertiary/aromatic N) is 2. The Morgan fingerprint density at radius 3 is 2.48 bits per heavy atom. The highest BCUT2D eigenvalue weighted by molar-refractivity contribution is 6.36. The molecule has 5 rings (SSSR count). The van der Waals surface area contributed by atoms with E-state index in [1.54, 1.807) is 24.3 Å². The van der Waals surface area contributed by atoms with Crippen LogP contribution in [-0.4, -0.2) is 54.3 Å². The lowest BCUT2D eigenvalue weighted by Crippen LogP contribution is -2.67. The molecular weight excluding hydrogens is 446 g/mol. The van der Waals surface area contributed by atoms with E-state index in [2.05, 4.69) is 5.32 Å². The molecule has 3 fully saturated rings. The number of rotatable bonds is 4. The molecule has 0 radical (unpaired) electrons. The van der Waals surface area contributed by atoms with Crippen LogP contribution < -0.4 is 10.2 Å². The minimum atomic E-state index is -1.54. The average molecular weight is 468 g/mol. The smallest absolute Gasteiger partial charge is 0.307 e. The molecule has 8 nitrogen and oxygen atoms in total. The van der Waals surface area contributed by atoms with Crippen molar-refractivity contribution in [1.82, 2.24) is 10.2 Å². The number of carbonyl (C=O) groups excluding carboxylic acids is 4. The third-order valence-electron chi connectivity index (χ3n) is 6.96. The Hall–Kier alpha value is -3.23. The van der Waals surface area contributed by atoms with Crippen molar-refractivity contribution in [3.63, 3.8) is 0 Å². The zero-order chi connectivity index (χ0) is 23.3. The van der Waals surface area contributed by atoms with E-state index in [-0.39, 0.29) is 17.1 Å². The third kappa shape index (κ3) is 3.01. The van der Waals surface area contributed by atoms with E-state index >= 15 is 0 Å². The maximum absolute atomic E-state index is 13.9. The predicted molar refractivity (Wildman–Crippen MR) is 119 cm³/mol. The Morgan fingerprint density at radius 2 is 1.79 bits per heavy atom. The molecule has 3 saturated heterocycles. The fourth-order valence-corrected chi connectivity index (χ4v) is 5.90. The number of benzene rings is 2. The maximum atomic E-state index is 13.9. The van der Waals surface area contributed by atoms with Gasteiger partial charge in [0, 0.05) is 19.1 Å². The number of carbonyl (C=O) groups is 4. The molecule has 2 aromatic rings. The van der Waals surface area contributed by atoms with Gasteiger partial charge in [0.25, 0.3) is 0 Å². The number of imide groups is 1.